The lowest BCUT2D eigenvalue weighted by Crippen LogP contribution is -2.46. The van der Waals surface area contributed by atoms with Crippen molar-refractivity contribution in [2.75, 3.05) is 33.2 Å². The third-order valence-corrected chi connectivity index (χ3v) is 3.84. The van der Waals surface area contributed by atoms with Crippen LogP contribution < -0.4 is 0 Å². The fraction of sp³-hybridized carbons (Fsp3) is 0.400. The molecule has 0 N–H and O–H groups in total. The molecule has 2 rings (SSSR count). The van der Waals surface area contributed by atoms with Gasteiger partial charge in [0.2, 0.25) is 5.91 Å². The lowest BCUT2D eigenvalue weighted by atomic mass is 10.1. The Morgan fingerprint density at radius 2 is 1.95 bits per heavy atom. The van der Waals surface area contributed by atoms with Gasteiger partial charge in [0.05, 0.1) is 0 Å². The van der Waals surface area contributed by atoms with E-state index in [2.05, 4.69) is 11.9 Å². The van der Waals surface area contributed by atoms with Crippen molar-refractivity contribution >= 4 is 23.6 Å². The van der Waals surface area contributed by atoms with Gasteiger partial charge < -0.3 is 9.80 Å². The van der Waals surface area contributed by atoms with Gasteiger partial charge in [0.1, 0.15) is 0 Å². The standard InChI is InChI=1S/C15H19ClN2O/c1-12-3-4-13(11-14(12)16)5-6-15(19)18-9-7-17(2)8-10-18/h3-6,11H,7-10H2,1-2H3/b6-5+. The van der Waals surface area contributed by atoms with E-state index < -0.39 is 0 Å². The minimum Gasteiger partial charge on any atom is -0.337 e. The zero-order valence-corrected chi connectivity index (χ0v) is 12.2. The molecule has 0 bridgehead atoms. The van der Waals surface area contributed by atoms with Gasteiger partial charge in [0, 0.05) is 37.3 Å². The lowest BCUT2D eigenvalue weighted by Gasteiger charge is -2.31. The first kappa shape index (κ1) is 14.1. The number of nitrogens with zero attached hydrogens (tertiary/aromatic N) is 2. The van der Waals surface area contributed by atoms with E-state index in [4.69, 9.17) is 11.6 Å². The highest BCUT2D eigenvalue weighted by atomic mass is 35.5. The SMILES string of the molecule is Cc1ccc(/C=C/C(=O)N2CCN(C)CC2)cc1Cl. The van der Waals surface area contributed by atoms with Crippen LogP contribution in [-0.4, -0.2) is 48.9 Å². The molecule has 0 atom stereocenters. The molecule has 0 radical (unpaired) electrons. The molecule has 3 nitrogen and oxygen atoms in total. The Morgan fingerprint density at radius 1 is 1.26 bits per heavy atom. The van der Waals surface area contributed by atoms with E-state index in [1.165, 1.54) is 0 Å². The summed E-state index contributed by atoms with van der Waals surface area (Å²) in [6, 6.07) is 5.81. The van der Waals surface area contributed by atoms with E-state index in [0.29, 0.717) is 0 Å². The number of hydrogen-bond donors (Lipinski definition) is 0. The summed E-state index contributed by atoms with van der Waals surface area (Å²) in [4.78, 5) is 16.1. The van der Waals surface area contributed by atoms with Gasteiger partial charge in [-0.15, -0.1) is 0 Å². The predicted molar refractivity (Wildman–Crippen MR) is 79.3 cm³/mol. The van der Waals surface area contributed by atoms with Crippen LogP contribution in [0, 0.1) is 6.92 Å². The molecule has 0 aromatic heterocycles. The summed E-state index contributed by atoms with van der Waals surface area (Å²) in [7, 11) is 2.08. The molecule has 0 spiro atoms. The van der Waals surface area contributed by atoms with Crippen LogP contribution in [0.2, 0.25) is 5.02 Å². The van der Waals surface area contributed by atoms with Gasteiger partial charge in [-0.25, -0.2) is 0 Å². The first-order chi connectivity index (χ1) is 9.06. The smallest absolute Gasteiger partial charge is 0.246 e. The molecule has 0 aliphatic carbocycles. The van der Waals surface area contributed by atoms with E-state index >= 15 is 0 Å². The minimum absolute atomic E-state index is 0.0739. The second-order valence-electron chi connectivity index (χ2n) is 4.97. The highest BCUT2D eigenvalue weighted by molar-refractivity contribution is 6.31. The Bertz CT molecular complexity index is 491. The van der Waals surface area contributed by atoms with Gasteiger partial charge in [-0.3, -0.25) is 4.79 Å². The quantitative estimate of drug-likeness (QED) is 0.776. The molecule has 1 saturated heterocycles. The average molecular weight is 279 g/mol. The number of piperazine rings is 1. The van der Waals surface area contributed by atoms with Crippen LogP contribution in [0.4, 0.5) is 0 Å². The van der Waals surface area contributed by atoms with Crippen molar-refractivity contribution in [1.82, 2.24) is 9.80 Å². The molecule has 19 heavy (non-hydrogen) atoms. The van der Waals surface area contributed by atoms with Crippen molar-refractivity contribution < 1.29 is 4.79 Å². The topological polar surface area (TPSA) is 23.6 Å². The summed E-state index contributed by atoms with van der Waals surface area (Å²) < 4.78 is 0. The van der Waals surface area contributed by atoms with Gasteiger partial charge in [-0.1, -0.05) is 23.7 Å². The number of aryl methyl sites for hydroxylation is 1. The lowest BCUT2D eigenvalue weighted by molar-refractivity contribution is -0.127. The van der Waals surface area contributed by atoms with Crippen molar-refractivity contribution in [2.24, 2.45) is 0 Å². The highest BCUT2D eigenvalue weighted by Gasteiger charge is 2.16. The Hall–Kier alpha value is -1.32. The number of rotatable bonds is 2. The second kappa shape index (κ2) is 6.22. The monoisotopic (exact) mass is 278 g/mol. The maximum absolute atomic E-state index is 12.0. The summed E-state index contributed by atoms with van der Waals surface area (Å²) in [6.45, 7) is 5.44. The van der Waals surface area contributed by atoms with E-state index in [0.717, 1.165) is 42.3 Å². The van der Waals surface area contributed by atoms with Gasteiger partial charge in [0.25, 0.3) is 0 Å². The van der Waals surface area contributed by atoms with Gasteiger partial charge >= 0.3 is 0 Å². The molecule has 0 unspecified atom stereocenters. The van der Waals surface area contributed by atoms with E-state index in [-0.39, 0.29) is 5.91 Å². The number of hydrogen-bond acceptors (Lipinski definition) is 2. The van der Waals surface area contributed by atoms with Gasteiger partial charge in [-0.2, -0.15) is 0 Å². The van der Waals surface area contributed by atoms with Crippen LogP contribution in [0.15, 0.2) is 24.3 Å². The van der Waals surface area contributed by atoms with Crippen LogP contribution in [0.3, 0.4) is 0 Å². The van der Waals surface area contributed by atoms with Crippen LogP contribution >= 0.6 is 11.6 Å². The van der Waals surface area contributed by atoms with Crippen LogP contribution in [0.25, 0.3) is 6.08 Å². The van der Waals surface area contributed by atoms with Crippen molar-refractivity contribution in [2.45, 2.75) is 6.92 Å². The molecule has 1 amide bonds. The number of carbonyl (C=O) groups is 1. The molecule has 1 aromatic rings. The van der Waals surface area contributed by atoms with Crippen molar-refractivity contribution in [1.29, 1.82) is 0 Å². The molecule has 1 aliphatic rings. The van der Waals surface area contributed by atoms with Crippen molar-refractivity contribution in [3.8, 4) is 0 Å². The first-order valence-corrected chi connectivity index (χ1v) is 6.86. The highest BCUT2D eigenvalue weighted by Crippen LogP contribution is 2.17. The molecule has 1 aliphatic heterocycles. The summed E-state index contributed by atoms with van der Waals surface area (Å²) in [5.74, 6) is 0.0739. The molecule has 4 heteroatoms. The molecular formula is C15H19ClN2O. The normalized spacial score (nSPS) is 17.1. The fourth-order valence-electron chi connectivity index (χ4n) is 2.01. The van der Waals surface area contributed by atoms with E-state index in [1.807, 2.05) is 36.1 Å². The molecule has 102 valence electrons. The third kappa shape index (κ3) is 3.82. The predicted octanol–water partition coefficient (Wildman–Crippen LogP) is 2.44. The maximum atomic E-state index is 12.0. The van der Waals surface area contributed by atoms with E-state index in [1.54, 1.807) is 6.08 Å². The first-order valence-electron chi connectivity index (χ1n) is 6.48. The number of carbonyl (C=O) groups excluding carboxylic acids is 1. The Balaban J connectivity index is 1.98. The number of likely N-dealkylation sites (N-methyl/N-ethyl adjacent to an activating group) is 1. The molecule has 1 aromatic carbocycles. The second-order valence-corrected chi connectivity index (χ2v) is 5.38. The van der Waals surface area contributed by atoms with Crippen LogP contribution in [0.5, 0.6) is 0 Å². The summed E-state index contributed by atoms with van der Waals surface area (Å²) in [6.07, 6.45) is 3.46. The largest absolute Gasteiger partial charge is 0.337 e. The van der Waals surface area contributed by atoms with Crippen LogP contribution in [-0.2, 0) is 4.79 Å². The zero-order valence-electron chi connectivity index (χ0n) is 11.4. The van der Waals surface area contributed by atoms with Gasteiger partial charge in [0.15, 0.2) is 0 Å². The minimum atomic E-state index is 0.0739. The molecule has 0 saturated carbocycles. The van der Waals surface area contributed by atoms with E-state index in [9.17, 15) is 4.79 Å². The van der Waals surface area contributed by atoms with Crippen molar-refractivity contribution in [3.05, 3.63) is 40.4 Å². The number of halogens is 1. The molecule has 1 fully saturated rings. The average Bonchev–Trinajstić information content (AvgIpc) is 2.40. The summed E-state index contributed by atoms with van der Waals surface area (Å²) >= 11 is 6.06. The Labute approximate surface area is 119 Å². The number of benzene rings is 1. The molecule has 1 heterocycles. The fourth-order valence-corrected chi connectivity index (χ4v) is 2.20. The summed E-state index contributed by atoms with van der Waals surface area (Å²) in [5, 5.41) is 0.731. The van der Waals surface area contributed by atoms with Crippen LogP contribution in [0.1, 0.15) is 11.1 Å². The zero-order chi connectivity index (χ0) is 13.8. The Kier molecular flexibility index (Phi) is 4.61. The maximum Gasteiger partial charge on any atom is 0.246 e. The third-order valence-electron chi connectivity index (χ3n) is 3.43. The number of amides is 1. The summed E-state index contributed by atoms with van der Waals surface area (Å²) in [5.41, 5.74) is 2.00. The van der Waals surface area contributed by atoms with Gasteiger partial charge in [-0.05, 0) is 37.2 Å². The molecular weight excluding hydrogens is 260 g/mol. The Morgan fingerprint density at radius 3 is 2.58 bits per heavy atom. The van der Waals surface area contributed by atoms with Crippen molar-refractivity contribution in [3.63, 3.8) is 0 Å².